The lowest BCUT2D eigenvalue weighted by Gasteiger charge is -2.13. The van der Waals surface area contributed by atoms with E-state index in [0.29, 0.717) is 23.6 Å². The van der Waals surface area contributed by atoms with E-state index in [2.05, 4.69) is 5.32 Å². The van der Waals surface area contributed by atoms with E-state index < -0.39 is 12.1 Å². The first kappa shape index (κ1) is 19.2. The Balaban J connectivity index is 1.52. The quantitative estimate of drug-likeness (QED) is 0.615. The lowest BCUT2D eigenvalue weighted by molar-refractivity contribution is 0.0655. The van der Waals surface area contributed by atoms with Crippen molar-refractivity contribution in [3.8, 4) is 5.75 Å². The Morgan fingerprint density at radius 3 is 2.39 bits per heavy atom. The van der Waals surface area contributed by atoms with Crippen LogP contribution in [0.25, 0.3) is 0 Å². The molecule has 0 aliphatic carbocycles. The van der Waals surface area contributed by atoms with Crippen molar-refractivity contribution in [3.05, 3.63) is 89.4 Å². The zero-order chi connectivity index (χ0) is 19.9. The van der Waals surface area contributed by atoms with Gasteiger partial charge < -0.3 is 19.6 Å². The summed E-state index contributed by atoms with van der Waals surface area (Å²) < 4.78 is 11.0. The number of carbonyl (C=O) groups excluding carboxylic acids is 1. The molecule has 2 aromatic carbocycles. The van der Waals surface area contributed by atoms with Gasteiger partial charge >= 0.3 is 5.97 Å². The van der Waals surface area contributed by atoms with Gasteiger partial charge in [0.05, 0.1) is 0 Å². The maximum atomic E-state index is 12.2. The Kier molecular flexibility index (Phi) is 6.11. The number of carboxylic acid groups (broad SMARTS) is 1. The minimum absolute atomic E-state index is 0.132. The summed E-state index contributed by atoms with van der Waals surface area (Å²) in [6, 6.07) is 19.7. The van der Waals surface area contributed by atoms with Gasteiger partial charge in [0.15, 0.2) is 6.10 Å². The van der Waals surface area contributed by atoms with Gasteiger partial charge in [0.25, 0.3) is 5.91 Å². The Bertz CT molecular complexity index is 931. The van der Waals surface area contributed by atoms with E-state index in [-0.39, 0.29) is 11.7 Å². The minimum atomic E-state index is -1.12. The Morgan fingerprint density at radius 2 is 1.75 bits per heavy atom. The molecule has 6 heteroatoms. The second kappa shape index (κ2) is 8.90. The third-order valence-corrected chi connectivity index (χ3v) is 4.21. The van der Waals surface area contributed by atoms with E-state index in [9.17, 15) is 9.59 Å². The van der Waals surface area contributed by atoms with Gasteiger partial charge in [0.1, 0.15) is 11.5 Å². The van der Waals surface area contributed by atoms with Gasteiger partial charge in [0, 0.05) is 12.1 Å². The van der Waals surface area contributed by atoms with Gasteiger partial charge in [-0.2, -0.15) is 0 Å². The van der Waals surface area contributed by atoms with Crippen LogP contribution in [-0.2, 0) is 6.42 Å². The molecule has 28 heavy (non-hydrogen) atoms. The minimum Gasteiger partial charge on any atom is -0.483 e. The number of rotatable bonds is 8. The van der Waals surface area contributed by atoms with Crippen LogP contribution >= 0.6 is 0 Å². The molecule has 1 atom stereocenters. The highest BCUT2D eigenvalue weighted by Gasteiger charge is 2.15. The zero-order valence-corrected chi connectivity index (χ0v) is 15.4. The number of hydrogen-bond acceptors (Lipinski definition) is 4. The molecule has 1 heterocycles. The van der Waals surface area contributed by atoms with Gasteiger partial charge in [-0.1, -0.05) is 30.3 Å². The number of ether oxygens (including phenoxy) is 1. The van der Waals surface area contributed by atoms with Crippen LogP contribution in [0.2, 0.25) is 0 Å². The molecule has 6 nitrogen and oxygen atoms in total. The summed E-state index contributed by atoms with van der Waals surface area (Å²) in [4.78, 5) is 23.1. The predicted octanol–water partition coefficient (Wildman–Crippen LogP) is 4.09. The van der Waals surface area contributed by atoms with E-state index in [1.807, 2.05) is 30.3 Å². The third-order valence-electron chi connectivity index (χ3n) is 4.21. The molecule has 144 valence electrons. The monoisotopic (exact) mass is 379 g/mol. The second-order valence-electron chi connectivity index (χ2n) is 6.28. The van der Waals surface area contributed by atoms with Gasteiger partial charge in [-0.3, -0.25) is 4.79 Å². The van der Waals surface area contributed by atoms with Crippen molar-refractivity contribution >= 4 is 11.9 Å². The SMILES string of the molecule is CC(Oc1ccc(C(=O)NCCc2ccccc2)cc1)c1ccc(C(=O)O)o1. The van der Waals surface area contributed by atoms with Crippen LogP contribution in [-0.4, -0.2) is 23.5 Å². The van der Waals surface area contributed by atoms with Gasteiger partial charge in [-0.15, -0.1) is 0 Å². The third kappa shape index (κ3) is 5.01. The molecule has 0 saturated heterocycles. The maximum Gasteiger partial charge on any atom is 0.371 e. The maximum absolute atomic E-state index is 12.2. The Morgan fingerprint density at radius 1 is 1.04 bits per heavy atom. The van der Waals surface area contributed by atoms with Gasteiger partial charge in [0.2, 0.25) is 5.76 Å². The molecule has 0 bridgehead atoms. The van der Waals surface area contributed by atoms with Crippen molar-refractivity contribution in [3.63, 3.8) is 0 Å². The van der Waals surface area contributed by atoms with Crippen molar-refractivity contribution in [2.75, 3.05) is 6.54 Å². The van der Waals surface area contributed by atoms with E-state index in [0.717, 1.165) is 6.42 Å². The number of hydrogen-bond donors (Lipinski definition) is 2. The molecule has 0 spiro atoms. The lowest BCUT2D eigenvalue weighted by atomic mass is 10.1. The molecule has 0 fully saturated rings. The van der Waals surface area contributed by atoms with Crippen molar-refractivity contribution in [1.29, 1.82) is 0 Å². The molecule has 3 aromatic rings. The topological polar surface area (TPSA) is 88.8 Å². The number of furan rings is 1. The van der Waals surface area contributed by atoms with Crippen LogP contribution < -0.4 is 10.1 Å². The summed E-state index contributed by atoms with van der Waals surface area (Å²) in [5.41, 5.74) is 1.71. The number of carbonyl (C=O) groups is 2. The second-order valence-corrected chi connectivity index (χ2v) is 6.28. The van der Waals surface area contributed by atoms with Crippen LogP contribution in [0.1, 0.15) is 45.3 Å². The van der Waals surface area contributed by atoms with Crippen molar-refractivity contribution in [1.82, 2.24) is 5.32 Å². The summed E-state index contributed by atoms with van der Waals surface area (Å²) in [6.07, 6.45) is 0.311. The smallest absolute Gasteiger partial charge is 0.371 e. The number of amides is 1. The van der Waals surface area contributed by atoms with Gasteiger partial charge in [-0.25, -0.2) is 4.79 Å². The average molecular weight is 379 g/mol. The molecule has 0 aliphatic heterocycles. The largest absolute Gasteiger partial charge is 0.483 e. The van der Waals surface area contributed by atoms with E-state index in [1.54, 1.807) is 37.3 Å². The molecular weight excluding hydrogens is 358 g/mol. The predicted molar refractivity (Wildman–Crippen MR) is 104 cm³/mol. The van der Waals surface area contributed by atoms with Crippen molar-refractivity contribution in [2.24, 2.45) is 0 Å². The van der Waals surface area contributed by atoms with E-state index in [1.165, 1.54) is 11.6 Å². The molecule has 1 unspecified atom stereocenters. The highest BCUT2D eigenvalue weighted by Crippen LogP contribution is 2.23. The molecule has 0 aliphatic rings. The van der Waals surface area contributed by atoms with E-state index in [4.69, 9.17) is 14.3 Å². The molecule has 3 rings (SSSR count). The number of nitrogens with one attached hydrogen (secondary N) is 1. The van der Waals surface area contributed by atoms with Crippen molar-refractivity contribution < 1.29 is 23.8 Å². The van der Waals surface area contributed by atoms with Gasteiger partial charge in [-0.05, 0) is 55.3 Å². The van der Waals surface area contributed by atoms with Crippen LogP contribution in [0, 0.1) is 0 Å². The first-order chi connectivity index (χ1) is 13.5. The first-order valence-electron chi connectivity index (χ1n) is 8.95. The zero-order valence-electron chi connectivity index (χ0n) is 15.4. The molecule has 2 N–H and O–H groups in total. The number of aromatic carboxylic acids is 1. The fourth-order valence-corrected chi connectivity index (χ4v) is 2.70. The summed E-state index contributed by atoms with van der Waals surface area (Å²) in [7, 11) is 0. The molecule has 0 saturated carbocycles. The first-order valence-corrected chi connectivity index (χ1v) is 8.95. The summed E-state index contributed by atoms with van der Waals surface area (Å²) in [5.74, 6) is -0.427. The van der Waals surface area contributed by atoms with Crippen LogP contribution in [0.15, 0.2) is 71.1 Å². The normalized spacial score (nSPS) is 11.6. The lowest BCUT2D eigenvalue weighted by Crippen LogP contribution is -2.25. The molecule has 1 amide bonds. The molecule has 0 radical (unpaired) electrons. The standard InChI is InChI=1S/C22H21NO5/c1-15(19-11-12-20(28-19)22(25)26)27-18-9-7-17(8-10-18)21(24)23-14-13-16-5-3-2-4-6-16/h2-12,15H,13-14H2,1H3,(H,23,24)(H,25,26). The van der Waals surface area contributed by atoms with Crippen LogP contribution in [0.4, 0.5) is 0 Å². The average Bonchev–Trinajstić information content (AvgIpc) is 3.20. The summed E-state index contributed by atoms with van der Waals surface area (Å²) >= 11 is 0. The van der Waals surface area contributed by atoms with E-state index >= 15 is 0 Å². The summed E-state index contributed by atoms with van der Waals surface area (Å²) in [6.45, 7) is 2.32. The Hall–Kier alpha value is -3.54. The number of carboxylic acids is 1. The highest BCUT2D eigenvalue weighted by molar-refractivity contribution is 5.94. The summed E-state index contributed by atoms with van der Waals surface area (Å²) in [5, 5.41) is 11.8. The fraction of sp³-hybridized carbons (Fsp3) is 0.182. The molecular formula is C22H21NO5. The Labute approximate surface area is 162 Å². The number of benzene rings is 2. The van der Waals surface area contributed by atoms with Crippen LogP contribution in [0.3, 0.4) is 0 Å². The molecule has 1 aromatic heterocycles. The van der Waals surface area contributed by atoms with Crippen molar-refractivity contribution in [2.45, 2.75) is 19.4 Å². The van der Waals surface area contributed by atoms with Crippen LogP contribution in [0.5, 0.6) is 5.75 Å². The highest BCUT2D eigenvalue weighted by atomic mass is 16.5. The fourth-order valence-electron chi connectivity index (χ4n) is 2.70.